The lowest BCUT2D eigenvalue weighted by molar-refractivity contribution is -0.164. The Balaban J connectivity index is 0.893. The number of nitriles is 1. The highest BCUT2D eigenvalue weighted by Crippen LogP contribution is 2.56. The van der Waals surface area contributed by atoms with Crippen LogP contribution < -0.4 is 20.7 Å². The number of aryl methyl sites for hydroxylation is 2. The first-order valence-corrected chi connectivity index (χ1v) is 25.0. The zero-order valence-electron chi connectivity index (χ0n) is 42.0. The van der Waals surface area contributed by atoms with Gasteiger partial charge >= 0.3 is 6.18 Å². The van der Waals surface area contributed by atoms with Gasteiger partial charge in [0.05, 0.1) is 45.4 Å². The quantitative estimate of drug-likeness (QED) is 0.0666. The lowest BCUT2D eigenvalue weighted by atomic mass is 9.49. The number of benzene rings is 3. The van der Waals surface area contributed by atoms with Crippen molar-refractivity contribution in [3.8, 4) is 22.3 Å². The Bertz CT molecular complexity index is 2550. The summed E-state index contributed by atoms with van der Waals surface area (Å²) >= 11 is 1.56. The fourth-order valence-electron chi connectivity index (χ4n) is 10.2. The number of nitrogens with one attached hydrogen (secondary N) is 3. The SMILES string of the molecule is Cc1ncsc1-c1ccc([C@H](C)NC(=O)[C@@H]2C[C@@H](O)CN2C(=O)[C@@H](NC(=O)COCCCCCCc2ccc(C(=O)NC3C(C)(C)C(Oc4ccc(C#N)c(C(F)(F)F)c4)C3(C)C)cc2)C(C)(C)C)cc1. The summed E-state index contributed by atoms with van der Waals surface area (Å²) in [6.45, 7) is 17.0. The average Bonchev–Trinajstić information content (AvgIpc) is 3.94. The zero-order chi connectivity index (χ0) is 52.1. The van der Waals surface area contributed by atoms with Crippen LogP contribution in [0.25, 0.3) is 10.4 Å². The highest BCUT2D eigenvalue weighted by molar-refractivity contribution is 7.13. The Labute approximate surface area is 418 Å². The fraction of sp³-hybridized carbons (Fsp3) is 0.519. The van der Waals surface area contributed by atoms with Crippen LogP contribution in [0.1, 0.15) is 132 Å². The molecular formula is C54H67F3N6O7S. The van der Waals surface area contributed by atoms with E-state index >= 15 is 0 Å². The lowest BCUT2D eigenvalue weighted by Crippen LogP contribution is -2.74. The fourth-order valence-corrected chi connectivity index (χ4v) is 11.0. The Morgan fingerprint density at radius 1 is 0.944 bits per heavy atom. The standard InChI is InChI=1S/C54H67F3N6O7S/c1-32(35-19-21-36(22-20-35)44-33(2)59-31-71-44)60-47(67)42-26-39(64)29-63(42)48(68)45(51(3,4)5)61-43(65)30-69-25-13-11-10-12-14-34-15-17-37(18-16-34)46(66)62-49-52(6,7)50(53(49,8)9)70-40-24-23-38(28-58)41(27-40)54(55,56)57/h15-24,27,31-32,39,42,45,49-50,64H,10-14,25-26,29-30H2,1-9H3,(H,60,67)(H,61,65)(H,62,66)/t32-,39+,42-,45+,49?,50?/m0/s1. The van der Waals surface area contributed by atoms with Crippen molar-refractivity contribution in [1.82, 2.24) is 25.8 Å². The number of carbonyl (C=O) groups is 4. The second-order valence-electron chi connectivity index (χ2n) is 21.2. The van der Waals surface area contributed by atoms with E-state index in [0.717, 1.165) is 71.5 Å². The van der Waals surface area contributed by atoms with Crippen molar-refractivity contribution >= 4 is 35.0 Å². The van der Waals surface area contributed by atoms with Gasteiger partial charge in [-0.15, -0.1) is 11.3 Å². The minimum Gasteiger partial charge on any atom is -0.489 e. The molecule has 4 atom stereocenters. The molecule has 71 heavy (non-hydrogen) atoms. The van der Waals surface area contributed by atoms with E-state index in [1.165, 1.54) is 11.0 Å². The molecule has 1 aliphatic heterocycles. The molecule has 0 bridgehead atoms. The summed E-state index contributed by atoms with van der Waals surface area (Å²) in [4.78, 5) is 61.0. The first kappa shape index (κ1) is 54.5. The number of hydrogen-bond acceptors (Lipinski definition) is 10. The van der Waals surface area contributed by atoms with Crippen LogP contribution >= 0.6 is 11.3 Å². The molecule has 382 valence electrons. The number of alkyl halides is 3. The minimum absolute atomic E-state index is 0.00435. The number of aliphatic hydroxyl groups is 1. The summed E-state index contributed by atoms with van der Waals surface area (Å²) in [5, 5.41) is 28.8. The van der Waals surface area contributed by atoms with Crippen LogP contribution in [-0.4, -0.2) is 88.7 Å². The van der Waals surface area contributed by atoms with Crippen LogP contribution in [0.2, 0.25) is 0 Å². The number of likely N-dealkylation sites (tertiary alicyclic amines) is 1. The summed E-state index contributed by atoms with van der Waals surface area (Å²) in [5.74, 6) is -1.54. The van der Waals surface area contributed by atoms with Gasteiger partial charge in [0, 0.05) is 42.0 Å². The first-order chi connectivity index (χ1) is 33.3. The van der Waals surface area contributed by atoms with Gasteiger partial charge in [-0.3, -0.25) is 19.2 Å². The molecule has 2 heterocycles. The molecule has 0 radical (unpaired) electrons. The number of rotatable bonds is 19. The Morgan fingerprint density at radius 3 is 2.21 bits per heavy atom. The van der Waals surface area contributed by atoms with E-state index in [0.29, 0.717) is 12.2 Å². The van der Waals surface area contributed by atoms with Gasteiger partial charge in [-0.1, -0.05) is 97.7 Å². The number of aromatic nitrogens is 1. The molecule has 4 aromatic rings. The maximum absolute atomic E-state index is 14.1. The number of aliphatic hydroxyl groups excluding tert-OH is 1. The van der Waals surface area contributed by atoms with Crippen LogP contribution in [0.3, 0.4) is 0 Å². The van der Waals surface area contributed by atoms with Crippen molar-refractivity contribution in [3.05, 3.63) is 106 Å². The predicted octanol–water partition coefficient (Wildman–Crippen LogP) is 9.11. The van der Waals surface area contributed by atoms with Gasteiger partial charge in [-0.05, 0) is 85.5 Å². The molecule has 0 unspecified atom stereocenters. The van der Waals surface area contributed by atoms with Crippen molar-refractivity contribution < 1.29 is 46.9 Å². The molecular weight excluding hydrogens is 934 g/mol. The number of thiazole rings is 1. The highest BCUT2D eigenvalue weighted by Gasteiger charge is 2.64. The van der Waals surface area contributed by atoms with Gasteiger partial charge < -0.3 is 35.4 Å². The van der Waals surface area contributed by atoms with E-state index in [2.05, 4.69) is 20.9 Å². The van der Waals surface area contributed by atoms with Gasteiger partial charge in [-0.25, -0.2) is 4.98 Å². The molecule has 2 aliphatic rings. The Kier molecular flexibility index (Phi) is 17.1. The van der Waals surface area contributed by atoms with Crippen molar-refractivity contribution in [1.29, 1.82) is 5.26 Å². The molecule has 1 saturated carbocycles. The Morgan fingerprint density at radius 2 is 1.61 bits per heavy atom. The number of unbranched alkanes of at least 4 members (excludes halogenated alkanes) is 3. The number of carbonyl (C=O) groups excluding carboxylic acids is 4. The van der Waals surface area contributed by atoms with E-state index in [4.69, 9.17) is 14.7 Å². The van der Waals surface area contributed by atoms with E-state index in [-0.39, 0.29) is 49.2 Å². The van der Waals surface area contributed by atoms with E-state index in [1.807, 2.05) is 104 Å². The second kappa shape index (κ2) is 22.3. The summed E-state index contributed by atoms with van der Waals surface area (Å²) in [6, 6.07) is 17.6. The smallest absolute Gasteiger partial charge is 0.417 e. The molecule has 3 aromatic carbocycles. The van der Waals surface area contributed by atoms with Crippen LogP contribution in [-0.2, 0) is 31.7 Å². The predicted molar refractivity (Wildman–Crippen MR) is 265 cm³/mol. The number of ether oxygens (including phenoxy) is 2. The number of β-amino-alcohol motifs (C(OH)–C–C–N with tert-alkyl or cyclic N) is 1. The minimum atomic E-state index is -4.71. The molecule has 4 amide bonds. The third-order valence-electron chi connectivity index (χ3n) is 13.8. The maximum atomic E-state index is 14.1. The zero-order valence-corrected chi connectivity index (χ0v) is 42.9. The Hall–Kier alpha value is -5.83. The third-order valence-corrected chi connectivity index (χ3v) is 14.8. The van der Waals surface area contributed by atoms with Crippen LogP contribution in [0.15, 0.2) is 72.2 Å². The van der Waals surface area contributed by atoms with Crippen molar-refractivity contribution in [2.24, 2.45) is 16.2 Å². The highest BCUT2D eigenvalue weighted by atomic mass is 32.1. The number of halogens is 3. The monoisotopic (exact) mass is 1000 g/mol. The normalized spacial score (nSPS) is 20.3. The van der Waals surface area contributed by atoms with Crippen LogP contribution in [0, 0.1) is 34.5 Å². The molecule has 0 spiro atoms. The van der Waals surface area contributed by atoms with Crippen LogP contribution in [0.5, 0.6) is 5.75 Å². The van der Waals surface area contributed by atoms with Gasteiger partial charge in [0.25, 0.3) is 5.91 Å². The summed E-state index contributed by atoms with van der Waals surface area (Å²) in [6.07, 6.45) is -1.81. The third kappa shape index (κ3) is 13.0. The summed E-state index contributed by atoms with van der Waals surface area (Å²) in [5.41, 5.74) is 2.76. The van der Waals surface area contributed by atoms with E-state index in [9.17, 15) is 37.5 Å². The van der Waals surface area contributed by atoms with Gasteiger partial charge in [0.15, 0.2) is 0 Å². The van der Waals surface area contributed by atoms with E-state index in [1.54, 1.807) is 29.5 Å². The van der Waals surface area contributed by atoms with Gasteiger partial charge in [0.1, 0.15) is 30.5 Å². The number of hydrogen-bond donors (Lipinski definition) is 4. The van der Waals surface area contributed by atoms with E-state index < -0.39 is 69.7 Å². The lowest BCUT2D eigenvalue weighted by Gasteiger charge is -2.63. The number of amides is 4. The molecule has 1 aliphatic carbocycles. The molecule has 13 nitrogen and oxygen atoms in total. The molecule has 2 fully saturated rings. The second-order valence-corrected chi connectivity index (χ2v) is 22.0. The number of nitrogens with zero attached hydrogens (tertiary/aromatic N) is 3. The molecule has 17 heteroatoms. The molecule has 1 saturated heterocycles. The van der Waals surface area contributed by atoms with Crippen LogP contribution in [0.4, 0.5) is 13.2 Å². The first-order valence-electron chi connectivity index (χ1n) is 24.2. The van der Waals surface area contributed by atoms with Crippen molar-refractivity contribution in [3.63, 3.8) is 0 Å². The molecule has 4 N–H and O–H groups in total. The summed E-state index contributed by atoms with van der Waals surface area (Å²) in [7, 11) is 0. The topological polar surface area (TPSA) is 183 Å². The molecule has 1 aromatic heterocycles. The van der Waals surface area contributed by atoms with Gasteiger partial charge in [-0.2, -0.15) is 18.4 Å². The maximum Gasteiger partial charge on any atom is 0.417 e. The average molecular weight is 1000 g/mol. The molecule has 6 rings (SSSR count). The summed E-state index contributed by atoms with van der Waals surface area (Å²) < 4.78 is 52.6. The van der Waals surface area contributed by atoms with Crippen molar-refractivity contribution in [2.45, 2.75) is 143 Å². The van der Waals surface area contributed by atoms with Crippen molar-refractivity contribution in [2.75, 3.05) is 19.8 Å². The van der Waals surface area contributed by atoms with Gasteiger partial charge in [0.2, 0.25) is 17.7 Å². The largest absolute Gasteiger partial charge is 0.489 e.